The molecule has 0 amide bonds. The predicted molar refractivity (Wildman–Crippen MR) is 220 cm³/mol. The fourth-order valence-corrected chi connectivity index (χ4v) is 8.17. The van der Waals surface area contributed by atoms with Crippen LogP contribution in [0.2, 0.25) is 0 Å². The molecule has 52 heavy (non-hydrogen) atoms. The van der Waals surface area contributed by atoms with E-state index in [0.717, 1.165) is 49.8 Å². The summed E-state index contributed by atoms with van der Waals surface area (Å²) in [4.78, 5) is 9.64. The van der Waals surface area contributed by atoms with Crippen molar-refractivity contribution in [1.82, 2.24) is 4.98 Å². The van der Waals surface area contributed by atoms with Crippen LogP contribution in [-0.2, 0) is 0 Å². The van der Waals surface area contributed by atoms with Crippen LogP contribution in [0.5, 0.6) is 0 Å². The first-order chi connectivity index (χ1) is 25.7. The van der Waals surface area contributed by atoms with E-state index < -0.39 is 0 Å². The first kappa shape index (κ1) is 30.2. The fraction of sp³-hybridized carbons (Fsp3) is 0.0204. The van der Waals surface area contributed by atoms with Gasteiger partial charge in [-0.15, -0.1) is 0 Å². The fourth-order valence-electron chi connectivity index (χ4n) is 8.17. The quantitative estimate of drug-likeness (QED) is 0.109. The van der Waals surface area contributed by atoms with Crippen LogP contribution >= 0.6 is 0 Å². The monoisotopic (exact) mass is 663 g/mol. The maximum Gasteiger partial charge on any atom is 0.0687 e. The molecule has 0 aliphatic carbocycles. The summed E-state index contributed by atoms with van der Waals surface area (Å²) >= 11 is 0. The minimum absolute atomic E-state index is 0.328. The summed E-state index contributed by atoms with van der Waals surface area (Å²) in [5.41, 5.74) is 15.4. The van der Waals surface area contributed by atoms with Crippen LogP contribution < -0.4 is 5.73 Å². The highest BCUT2D eigenvalue weighted by molar-refractivity contribution is 6.34. The molecular formula is C49H33N3. The summed E-state index contributed by atoms with van der Waals surface area (Å²) in [6.45, 7) is 0. The zero-order valence-corrected chi connectivity index (χ0v) is 28.4. The van der Waals surface area contributed by atoms with Gasteiger partial charge in [-0.3, -0.25) is 9.98 Å². The molecule has 0 aliphatic rings. The molecule has 2 N–H and O–H groups in total. The molecule has 1 unspecified atom stereocenters. The summed E-state index contributed by atoms with van der Waals surface area (Å²) in [6.07, 6.45) is 5.73. The van der Waals surface area contributed by atoms with Crippen molar-refractivity contribution < 1.29 is 0 Å². The van der Waals surface area contributed by atoms with Crippen molar-refractivity contribution in [1.29, 1.82) is 0 Å². The Morgan fingerprint density at radius 3 is 1.98 bits per heavy atom. The molecule has 0 radical (unpaired) electrons. The van der Waals surface area contributed by atoms with Gasteiger partial charge in [0.1, 0.15) is 0 Å². The molecule has 0 fully saturated rings. The third-order valence-corrected chi connectivity index (χ3v) is 10.6. The second-order valence-electron chi connectivity index (χ2n) is 13.5. The number of pyridine rings is 1. The third-order valence-electron chi connectivity index (χ3n) is 10.6. The van der Waals surface area contributed by atoms with Gasteiger partial charge in [-0.05, 0) is 112 Å². The lowest BCUT2D eigenvalue weighted by Crippen LogP contribution is -2.12. The summed E-state index contributed by atoms with van der Waals surface area (Å²) in [7, 11) is 0. The number of benzene rings is 9. The van der Waals surface area contributed by atoms with E-state index in [1.807, 2.05) is 42.9 Å². The van der Waals surface area contributed by atoms with Crippen molar-refractivity contribution in [2.45, 2.75) is 6.04 Å². The SMILES string of the molecule is NC(c1ccccc1)c1c(N=Cc2cc(-c3cccnc3)cc(-c3ccc4c5cccc6cccc(c7cccc3c74)c65)c2)ccc2ccccc12. The molecule has 1 heterocycles. The maximum atomic E-state index is 7.02. The van der Waals surface area contributed by atoms with Gasteiger partial charge < -0.3 is 5.73 Å². The van der Waals surface area contributed by atoms with Crippen LogP contribution in [0.4, 0.5) is 5.69 Å². The van der Waals surface area contributed by atoms with E-state index in [1.54, 1.807) is 0 Å². The van der Waals surface area contributed by atoms with Crippen LogP contribution in [0.15, 0.2) is 181 Å². The second kappa shape index (κ2) is 12.3. The van der Waals surface area contributed by atoms with Crippen LogP contribution in [0.1, 0.15) is 22.7 Å². The lowest BCUT2D eigenvalue weighted by atomic mass is 9.86. The van der Waals surface area contributed by atoms with E-state index in [1.165, 1.54) is 48.7 Å². The lowest BCUT2D eigenvalue weighted by molar-refractivity contribution is 0.881. The summed E-state index contributed by atoms with van der Waals surface area (Å²) in [5.74, 6) is 0. The second-order valence-corrected chi connectivity index (χ2v) is 13.5. The molecule has 0 saturated carbocycles. The zero-order valence-electron chi connectivity index (χ0n) is 28.4. The number of aliphatic imine (C=N–C) groups is 1. The number of aromatic nitrogens is 1. The van der Waals surface area contributed by atoms with Gasteiger partial charge in [-0.25, -0.2) is 0 Å². The molecule has 1 aromatic heterocycles. The van der Waals surface area contributed by atoms with Crippen molar-refractivity contribution in [2.75, 3.05) is 0 Å². The van der Waals surface area contributed by atoms with E-state index >= 15 is 0 Å². The van der Waals surface area contributed by atoms with E-state index in [9.17, 15) is 0 Å². The average molecular weight is 664 g/mol. The van der Waals surface area contributed by atoms with Crippen molar-refractivity contribution in [3.63, 3.8) is 0 Å². The van der Waals surface area contributed by atoms with Crippen LogP contribution in [-0.4, -0.2) is 11.2 Å². The van der Waals surface area contributed by atoms with E-state index in [4.69, 9.17) is 10.7 Å². The molecule has 9 aromatic carbocycles. The Labute approximate surface area is 301 Å². The van der Waals surface area contributed by atoms with Gasteiger partial charge in [0.2, 0.25) is 0 Å². The number of hydrogen-bond donors (Lipinski definition) is 1. The van der Waals surface area contributed by atoms with Gasteiger partial charge >= 0.3 is 0 Å². The Morgan fingerprint density at radius 2 is 1.17 bits per heavy atom. The van der Waals surface area contributed by atoms with Crippen LogP contribution in [0.3, 0.4) is 0 Å². The Bertz CT molecular complexity index is 2920. The van der Waals surface area contributed by atoms with Gasteiger partial charge in [0, 0.05) is 29.7 Å². The Kier molecular flexibility index (Phi) is 7.12. The van der Waals surface area contributed by atoms with E-state index in [2.05, 4.69) is 145 Å². The highest BCUT2D eigenvalue weighted by atomic mass is 14.7. The third kappa shape index (κ3) is 4.94. The first-order valence-electron chi connectivity index (χ1n) is 17.7. The molecule has 3 nitrogen and oxygen atoms in total. The summed E-state index contributed by atoms with van der Waals surface area (Å²) in [5, 5.41) is 12.5. The van der Waals surface area contributed by atoms with Crippen LogP contribution in [0.25, 0.3) is 76.1 Å². The minimum atomic E-state index is -0.328. The minimum Gasteiger partial charge on any atom is -0.320 e. The van der Waals surface area contributed by atoms with E-state index in [-0.39, 0.29) is 6.04 Å². The Hall–Kier alpha value is -6.68. The molecule has 0 aliphatic heterocycles. The van der Waals surface area contributed by atoms with Crippen molar-refractivity contribution in [3.05, 3.63) is 193 Å². The lowest BCUT2D eigenvalue weighted by Gasteiger charge is -2.18. The first-order valence-corrected chi connectivity index (χ1v) is 17.7. The molecule has 10 rings (SSSR count). The van der Waals surface area contributed by atoms with Gasteiger partial charge in [0.15, 0.2) is 0 Å². The molecule has 3 heteroatoms. The van der Waals surface area contributed by atoms with Crippen molar-refractivity contribution >= 4 is 65.8 Å². The van der Waals surface area contributed by atoms with Crippen molar-refractivity contribution in [3.8, 4) is 22.3 Å². The van der Waals surface area contributed by atoms with Crippen molar-refractivity contribution in [2.24, 2.45) is 10.7 Å². The largest absolute Gasteiger partial charge is 0.320 e. The predicted octanol–water partition coefficient (Wildman–Crippen LogP) is 12.4. The average Bonchev–Trinajstić information content (AvgIpc) is 3.21. The molecule has 0 spiro atoms. The number of rotatable bonds is 6. The van der Waals surface area contributed by atoms with Crippen LogP contribution in [0, 0.1) is 0 Å². The maximum absolute atomic E-state index is 7.02. The molecule has 0 bridgehead atoms. The summed E-state index contributed by atoms with van der Waals surface area (Å²) < 4.78 is 0. The van der Waals surface area contributed by atoms with Gasteiger partial charge in [-0.1, -0.05) is 133 Å². The van der Waals surface area contributed by atoms with Gasteiger partial charge in [0.05, 0.1) is 11.7 Å². The van der Waals surface area contributed by atoms with E-state index in [0.29, 0.717) is 0 Å². The number of nitrogens with zero attached hydrogens (tertiary/aromatic N) is 2. The molecular weight excluding hydrogens is 631 g/mol. The highest BCUT2D eigenvalue weighted by Crippen LogP contribution is 2.43. The summed E-state index contributed by atoms with van der Waals surface area (Å²) in [6, 6.07) is 58.0. The number of hydrogen-bond acceptors (Lipinski definition) is 3. The normalized spacial score (nSPS) is 12.6. The number of fused-ring (bicyclic) bond motifs is 3. The molecule has 244 valence electrons. The molecule has 10 aromatic rings. The molecule has 0 saturated heterocycles. The number of nitrogens with two attached hydrogens (primary N) is 1. The molecule has 1 atom stereocenters. The van der Waals surface area contributed by atoms with Gasteiger partial charge in [0.25, 0.3) is 0 Å². The standard InChI is InChI=1S/C49H33N3/c50-49(34-11-2-1-3-12-34)48-39-16-5-4-10-32(39)21-24-45(48)52-29-31-26-36(35-15-9-25-51-30-35)28-37(27-31)38-22-23-44-42-18-7-14-33-13-6-17-41(46(33)42)43-20-8-19-40(38)47(43)44/h1-30,49H,50H2. The Balaban J connectivity index is 1.17. The topological polar surface area (TPSA) is 51.3 Å². The highest BCUT2D eigenvalue weighted by Gasteiger charge is 2.18. The Morgan fingerprint density at radius 1 is 0.500 bits per heavy atom. The van der Waals surface area contributed by atoms with Gasteiger partial charge in [-0.2, -0.15) is 0 Å². The zero-order chi connectivity index (χ0) is 34.6. The smallest absolute Gasteiger partial charge is 0.0687 e.